The molecule has 3 rings (SSSR count). The Balaban J connectivity index is 1.77. The summed E-state index contributed by atoms with van der Waals surface area (Å²) in [5, 5.41) is 3.85. The van der Waals surface area contributed by atoms with Crippen LogP contribution in [-0.2, 0) is 16.6 Å². The lowest BCUT2D eigenvalue weighted by Gasteiger charge is -2.33. The average Bonchev–Trinajstić information content (AvgIpc) is 3.07. The highest BCUT2D eigenvalue weighted by molar-refractivity contribution is 7.93. The zero-order valence-corrected chi connectivity index (χ0v) is 12.4. The fourth-order valence-corrected chi connectivity index (χ4v) is 4.34. The van der Waals surface area contributed by atoms with E-state index in [4.69, 9.17) is 27.7 Å². The maximum absolute atomic E-state index is 12.2. The zero-order valence-electron chi connectivity index (χ0n) is 10.1. The minimum absolute atomic E-state index is 0.0310. The number of sulfonamides is 1. The number of hydrogen-bond acceptors (Lipinski definition) is 5. The van der Waals surface area contributed by atoms with Crippen LogP contribution in [0.3, 0.4) is 0 Å². The molecule has 6 nitrogen and oxygen atoms in total. The molecule has 1 aliphatic heterocycles. The lowest BCUT2D eigenvalue weighted by Crippen LogP contribution is -2.46. The van der Waals surface area contributed by atoms with Crippen molar-refractivity contribution in [2.45, 2.75) is 41.8 Å². The van der Waals surface area contributed by atoms with Crippen molar-refractivity contribution in [2.75, 3.05) is 6.54 Å². The molecule has 0 spiro atoms. The largest absolute Gasteiger partial charge is 0.338 e. The summed E-state index contributed by atoms with van der Waals surface area (Å²) in [6, 6.07) is 0. The lowest BCUT2D eigenvalue weighted by atomic mass is 10.3. The first kappa shape index (κ1) is 13.6. The topological polar surface area (TPSA) is 76.3 Å². The fourth-order valence-electron chi connectivity index (χ4n) is 2.05. The van der Waals surface area contributed by atoms with Crippen LogP contribution in [0.4, 0.5) is 0 Å². The maximum Gasteiger partial charge on any atom is 0.248 e. The summed E-state index contributed by atoms with van der Waals surface area (Å²) in [4.78, 5) is 4.21. The number of alkyl halides is 2. The van der Waals surface area contributed by atoms with Gasteiger partial charge in [0.05, 0.1) is 6.54 Å². The second-order valence-electron chi connectivity index (χ2n) is 4.90. The Morgan fingerprint density at radius 3 is 2.84 bits per heavy atom. The van der Waals surface area contributed by atoms with Crippen LogP contribution in [0.1, 0.15) is 43.3 Å². The van der Waals surface area contributed by atoms with Gasteiger partial charge in [-0.05, 0) is 25.7 Å². The zero-order chi connectivity index (χ0) is 13.7. The smallest absolute Gasteiger partial charge is 0.248 e. The molecule has 0 bridgehead atoms. The molecule has 0 N–H and O–H groups in total. The van der Waals surface area contributed by atoms with E-state index in [0.29, 0.717) is 24.7 Å². The number of rotatable bonds is 3. The Bertz CT molecular complexity index is 583. The molecule has 1 aromatic heterocycles. The molecular weight excluding hydrogens is 313 g/mol. The van der Waals surface area contributed by atoms with Gasteiger partial charge in [0.25, 0.3) is 0 Å². The highest BCUT2D eigenvalue weighted by atomic mass is 35.5. The summed E-state index contributed by atoms with van der Waals surface area (Å²) >= 11 is 11.7. The molecule has 0 aromatic carbocycles. The number of nitrogens with zero attached hydrogens (tertiary/aromatic N) is 3. The van der Waals surface area contributed by atoms with E-state index in [9.17, 15) is 8.42 Å². The van der Waals surface area contributed by atoms with E-state index in [1.165, 1.54) is 4.31 Å². The van der Waals surface area contributed by atoms with Gasteiger partial charge in [0, 0.05) is 12.5 Å². The number of halogens is 2. The monoisotopic (exact) mass is 325 g/mol. The van der Waals surface area contributed by atoms with Crippen LogP contribution in [-0.4, -0.2) is 33.1 Å². The molecule has 1 aliphatic carbocycles. The van der Waals surface area contributed by atoms with E-state index < -0.39 is 13.7 Å². The Kier molecular flexibility index (Phi) is 3.28. The molecule has 2 aliphatic rings. The minimum atomic E-state index is -3.76. The number of hydrogen-bond donors (Lipinski definition) is 0. The normalized spacial score (nSPS) is 26.4. The lowest BCUT2D eigenvalue weighted by molar-refractivity contribution is 0.299. The van der Waals surface area contributed by atoms with Crippen molar-refractivity contribution in [1.82, 2.24) is 14.4 Å². The molecule has 0 atom stereocenters. The summed E-state index contributed by atoms with van der Waals surface area (Å²) in [5.41, 5.74) is 0. The highest BCUT2D eigenvalue weighted by Gasteiger charge is 2.47. The predicted octanol–water partition coefficient (Wildman–Crippen LogP) is 2.00. The molecule has 0 radical (unpaired) electrons. The predicted molar refractivity (Wildman–Crippen MR) is 69.3 cm³/mol. The van der Waals surface area contributed by atoms with Gasteiger partial charge < -0.3 is 4.52 Å². The van der Waals surface area contributed by atoms with Gasteiger partial charge in [0.15, 0.2) is 5.82 Å². The van der Waals surface area contributed by atoms with Crippen LogP contribution < -0.4 is 0 Å². The van der Waals surface area contributed by atoms with Gasteiger partial charge in [-0.2, -0.15) is 9.29 Å². The van der Waals surface area contributed by atoms with Crippen LogP contribution >= 0.6 is 23.2 Å². The van der Waals surface area contributed by atoms with Crippen LogP contribution in [0.25, 0.3) is 0 Å². The first-order valence-electron chi connectivity index (χ1n) is 6.10. The van der Waals surface area contributed by atoms with Gasteiger partial charge in [-0.15, -0.1) is 0 Å². The van der Waals surface area contributed by atoms with Crippen molar-refractivity contribution in [2.24, 2.45) is 0 Å². The van der Waals surface area contributed by atoms with E-state index in [0.717, 1.165) is 12.8 Å². The van der Waals surface area contributed by atoms with Crippen molar-refractivity contribution in [3.05, 3.63) is 11.7 Å². The van der Waals surface area contributed by atoms with E-state index in [1.807, 2.05) is 0 Å². The van der Waals surface area contributed by atoms with E-state index in [1.54, 1.807) is 0 Å². The van der Waals surface area contributed by atoms with E-state index >= 15 is 0 Å². The molecule has 2 heterocycles. The van der Waals surface area contributed by atoms with Crippen LogP contribution in [0.2, 0.25) is 0 Å². The molecule has 19 heavy (non-hydrogen) atoms. The Labute approximate surface area is 121 Å². The van der Waals surface area contributed by atoms with Gasteiger partial charge in [-0.1, -0.05) is 28.4 Å². The molecule has 9 heteroatoms. The fraction of sp³-hybridized carbons (Fsp3) is 0.800. The molecule has 106 valence electrons. The van der Waals surface area contributed by atoms with Crippen LogP contribution in [0.15, 0.2) is 4.52 Å². The molecular formula is C10H13Cl2N3O3S. The quantitative estimate of drug-likeness (QED) is 0.794. The summed E-state index contributed by atoms with van der Waals surface area (Å²) < 4.78 is 28.9. The van der Waals surface area contributed by atoms with Gasteiger partial charge in [-0.3, -0.25) is 0 Å². The van der Waals surface area contributed by atoms with Gasteiger partial charge in [-0.25, -0.2) is 8.42 Å². The second kappa shape index (κ2) is 4.58. The third-order valence-electron chi connectivity index (χ3n) is 3.33. The average molecular weight is 326 g/mol. The van der Waals surface area contributed by atoms with Crippen molar-refractivity contribution < 1.29 is 12.9 Å². The Morgan fingerprint density at radius 2 is 2.16 bits per heavy atom. The van der Waals surface area contributed by atoms with Crippen molar-refractivity contribution in [1.29, 1.82) is 0 Å². The van der Waals surface area contributed by atoms with Gasteiger partial charge in [0.2, 0.25) is 19.6 Å². The van der Waals surface area contributed by atoms with Crippen molar-refractivity contribution in [3.63, 3.8) is 0 Å². The van der Waals surface area contributed by atoms with Crippen LogP contribution in [0, 0.1) is 0 Å². The first-order chi connectivity index (χ1) is 8.90. The van der Waals surface area contributed by atoms with Gasteiger partial charge in [0.1, 0.15) is 0 Å². The summed E-state index contributed by atoms with van der Waals surface area (Å²) in [5.74, 6) is 1.32. The van der Waals surface area contributed by atoms with E-state index in [2.05, 4.69) is 10.1 Å². The third-order valence-corrected chi connectivity index (χ3v) is 6.83. The molecule has 2 fully saturated rings. The first-order valence-corrected chi connectivity index (χ1v) is 8.30. The second-order valence-corrected chi connectivity index (χ2v) is 9.00. The van der Waals surface area contributed by atoms with Gasteiger partial charge >= 0.3 is 0 Å². The number of aromatic nitrogens is 2. The molecule has 0 amide bonds. The summed E-state index contributed by atoms with van der Waals surface area (Å²) in [6.07, 6.45) is 2.96. The summed E-state index contributed by atoms with van der Waals surface area (Å²) in [7, 11) is -3.76. The standard InChI is InChI=1S/C10H13Cl2N3O3S/c11-10(12)4-1-5-15(19(10,16)17)6-8-13-9(14-18-8)7-2-3-7/h7H,1-6H2. The minimum Gasteiger partial charge on any atom is -0.338 e. The summed E-state index contributed by atoms with van der Waals surface area (Å²) in [6.45, 7) is 0.397. The maximum atomic E-state index is 12.2. The van der Waals surface area contributed by atoms with E-state index in [-0.39, 0.29) is 18.9 Å². The molecule has 1 aromatic rings. The van der Waals surface area contributed by atoms with Crippen LogP contribution in [0.5, 0.6) is 0 Å². The molecule has 1 saturated heterocycles. The highest BCUT2D eigenvalue weighted by Crippen LogP contribution is 2.40. The van der Waals surface area contributed by atoms with Crippen molar-refractivity contribution in [3.8, 4) is 0 Å². The third kappa shape index (κ3) is 2.49. The van der Waals surface area contributed by atoms with Crippen molar-refractivity contribution >= 4 is 33.2 Å². The molecule has 0 unspecified atom stereocenters. The Morgan fingerprint density at radius 1 is 1.42 bits per heavy atom. The Hall–Kier alpha value is -0.370. The SMILES string of the molecule is O=S1(=O)N(Cc2nc(C3CC3)no2)CCCC1(Cl)Cl. The molecule has 1 saturated carbocycles.